The molecule has 0 atom stereocenters. The molecule has 1 aromatic carbocycles. The smallest absolute Gasteiger partial charge is 0.255 e. The Hall–Kier alpha value is -0.940. The quantitative estimate of drug-likeness (QED) is 0.826. The molecule has 0 aromatic heterocycles. The largest absolute Gasteiger partial charge is 0.339 e. The zero-order chi connectivity index (χ0) is 15.6. The van der Waals surface area contributed by atoms with Gasteiger partial charge in [-0.3, -0.25) is 4.79 Å². The standard InChI is InChI=1S/C16H22BrFN2O/c1-11(2)20-8-6-13(7-9-20)19(3)16(21)14-10-12(18)4-5-15(14)17/h4-5,10-11,13H,6-9H2,1-3H3. The van der Waals surface area contributed by atoms with Gasteiger partial charge in [-0.2, -0.15) is 0 Å². The highest BCUT2D eigenvalue weighted by molar-refractivity contribution is 9.10. The molecule has 2 rings (SSSR count). The van der Waals surface area contributed by atoms with E-state index in [4.69, 9.17) is 0 Å². The summed E-state index contributed by atoms with van der Waals surface area (Å²) in [4.78, 5) is 16.7. The second-order valence-corrected chi connectivity index (χ2v) is 6.76. The van der Waals surface area contributed by atoms with Crippen molar-refractivity contribution >= 4 is 21.8 Å². The minimum Gasteiger partial charge on any atom is -0.339 e. The zero-order valence-electron chi connectivity index (χ0n) is 12.8. The third-order valence-corrected chi connectivity index (χ3v) is 4.95. The Morgan fingerprint density at radius 1 is 1.38 bits per heavy atom. The molecule has 0 N–H and O–H groups in total. The molecule has 0 unspecified atom stereocenters. The Labute approximate surface area is 134 Å². The monoisotopic (exact) mass is 356 g/mol. The van der Waals surface area contributed by atoms with Gasteiger partial charge in [-0.05, 0) is 60.8 Å². The van der Waals surface area contributed by atoms with E-state index in [0.717, 1.165) is 25.9 Å². The van der Waals surface area contributed by atoms with Gasteiger partial charge in [0.25, 0.3) is 5.91 Å². The van der Waals surface area contributed by atoms with Gasteiger partial charge in [0, 0.05) is 36.7 Å². The van der Waals surface area contributed by atoms with Crippen molar-refractivity contribution in [1.82, 2.24) is 9.80 Å². The van der Waals surface area contributed by atoms with Crippen LogP contribution in [0.1, 0.15) is 37.0 Å². The first kappa shape index (κ1) is 16.4. The molecule has 1 aromatic rings. The van der Waals surface area contributed by atoms with Crippen LogP contribution in [0.2, 0.25) is 0 Å². The third kappa shape index (κ3) is 3.83. The normalized spacial score (nSPS) is 17.2. The molecule has 0 spiro atoms. The second kappa shape index (κ2) is 6.88. The van der Waals surface area contributed by atoms with E-state index < -0.39 is 0 Å². The first-order chi connectivity index (χ1) is 9.90. The van der Waals surface area contributed by atoms with Crippen molar-refractivity contribution in [3.63, 3.8) is 0 Å². The highest BCUT2D eigenvalue weighted by Gasteiger charge is 2.27. The number of benzene rings is 1. The first-order valence-corrected chi connectivity index (χ1v) is 8.15. The summed E-state index contributed by atoms with van der Waals surface area (Å²) in [5, 5.41) is 0. The van der Waals surface area contributed by atoms with Gasteiger partial charge < -0.3 is 9.80 Å². The maximum Gasteiger partial charge on any atom is 0.255 e. The van der Waals surface area contributed by atoms with Crippen LogP contribution in [0.4, 0.5) is 4.39 Å². The summed E-state index contributed by atoms with van der Waals surface area (Å²) in [6.45, 7) is 6.40. The highest BCUT2D eigenvalue weighted by Crippen LogP contribution is 2.23. The maximum atomic E-state index is 13.4. The van der Waals surface area contributed by atoms with Crippen LogP contribution < -0.4 is 0 Å². The Bertz CT molecular complexity index is 513. The molecule has 116 valence electrons. The van der Waals surface area contributed by atoms with Crippen molar-refractivity contribution in [2.24, 2.45) is 0 Å². The number of likely N-dealkylation sites (tertiary alicyclic amines) is 1. The molecule has 1 aliphatic rings. The first-order valence-electron chi connectivity index (χ1n) is 7.36. The maximum absolute atomic E-state index is 13.4. The summed E-state index contributed by atoms with van der Waals surface area (Å²) in [7, 11) is 1.81. The van der Waals surface area contributed by atoms with Gasteiger partial charge in [-0.25, -0.2) is 4.39 Å². The number of rotatable bonds is 3. The lowest BCUT2D eigenvalue weighted by molar-refractivity contribution is 0.0614. The van der Waals surface area contributed by atoms with E-state index >= 15 is 0 Å². The number of amides is 1. The number of carbonyl (C=O) groups excluding carboxylic acids is 1. The molecular formula is C16H22BrFN2O. The van der Waals surface area contributed by atoms with Gasteiger partial charge in [0.2, 0.25) is 0 Å². The molecule has 0 radical (unpaired) electrons. The van der Waals surface area contributed by atoms with Crippen molar-refractivity contribution in [2.45, 2.75) is 38.8 Å². The summed E-state index contributed by atoms with van der Waals surface area (Å²) in [5.41, 5.74) is 0.392. The molecule has 0 saturated carbocycles. The van der Waals surface area contributed by atoms with E-state index in [-0.39, 0.29) is 17.8 Å². The number of hydrogen-bond acceptors (Lipinski definition) is 2. The van der Waals surface area contributed by atoms with Gasteiger partial charge >= 0.3 is 0 Å². The van der Waals surface area contributed by atoms with Crippen LogP contribution in [0.5, 0.6) is 0 Å². The summed E-state index contributed by atoms with van der Waals surface area (Å²) >= 11 is 3.33. The lowest BCUT2D eigenvalue weighted by Crippen LogP contribution is -2.47. The Kier molecular flexibility index (Phi) is 5.38. The lowest BCUT2D eigenvalue weighted by atomic mass is 10.0. The van der Waals surface area contributed by atoms with Gasteiger partial charge in [-0.15, -0.1) is 0 Å². The number of piperidine rings is 1. The third-order valence-electron chi connectivity index (χ3n) is 4.26. The molecule has 21 heavy (non-hydrogen) atoms. The fourth-order valence-corrected chi connectivity index (χ4v) is 3.22. The molecule has 1 aliphatic heterocycles. The molecule has 0 aliphatic carbocycles. The molecular weight excluding hydrogens is 335 g/mol. The summed E-state index contributed by atoms with van der Waals surface area (Å²) < 4.78 is 14.0. The van der Waals surface area contributed by atoms with E-state index in [1.165, 1.54) is 12.1 Å². The average molecular weight is 357 g/mol. The summed E-state index contributed by atoms with van der Waals surface area (Å²) in [6.07, 6.45) is 1.93. The second-order valence-electron chi connectivity index (χ2n) is 5.90. The predicted molar refractivity (Wildman–Crippen MR) is 85.9 cm³/mol. The van der Waals surface area contributed by atoms with Crippen LogP contribution >= 0.6 is 15.9 Å². The zero-order valence-corrected chi connectivity index (χ0v) is 14.4. The van der Waals surface area contributed by atoms with Crippen molar-refractivity contribution in [3.8, 4) is 0 Å². The SMILES string of the molecule is CC(C)N1CCC(N(C)C(=O)c2cc(F)ccc2Br)CC1. The molecule has 1 saturated heterocycles. The van der Waals surface area contributed by atoms with Crippen molar-refractivity contribution in [3.05, 3.63) is 34.1 Å². The van der Waals surface area contributed by atoms with Gasteiger partial charge in [0.1, 0.15) is 5.82 Å². The molecule has 1 amide bonds. The van der Waals surface area contributed by atoms with E-state index in [2.05, 4.69) is 34.7 Å². The van der Waals surface area contributed by atoms with Crippen molar-refractivity contribution in [1.29, 1.82) is 0 Å². The predicted octanol–water partition coefficient (Wildman–Crippen LogP) is 3.53. The molecule has 0 bridgehead atoms. The van der Waals surface area contributed by atoms with Gasteiger partial charge in [0.15, 0.2) is 0 Å². The summed E-state index contributed by atoms with van der Waals surface area (Å²) in [5.74, 6) is -0.506. The van der Waals surface area contributed by atoms with E-state index in [9.17, 15) is 9.18 Å². The van der Waals surface area contributed by atoms with Crippen LogP contribution in [-0.2, 0) is 0 Å². The van der Waals surface area contributed by atoms with Gasteiger partial charge in [-0.1, -0.05) is 0 Å². The fraction of sp³-hybridized carbons (Fsp3) is 0.562. The number of hydrogen-bond donors (Lipinski definition) is 0. The Morgan fingerprint density at radius 2 is 2.00 bits per heavy atom. The van der Waals surface area contributed by atoms with Gasteiger partial charge in [0.05, 0.1) is 5.56 Å². The summed E-state index contributed by atoms with van der Waals surface area (Å²) in [6, 6.07) is 5.00. The van der Waals surface area contributed by atoms with E-state index in [1.54, 1.807) is 11.0 Å². The topological polar surface area (TPSA) is 23.6 Å². The van der Waals surface area contributed by atoms with E-state index in [1.807, 2.05) is 7.05 Å². The van der Waals surface area contributed by atoms with Crippen LogP contribution in [0.25, 0.3) is 0 Å². The lowest BCUT2D eigenvalue weighted by Gasteiger charge is -2.38. The molecule has 3 nitrogen and oxygen atoms in total. The molecule has 1 heterocycles. The van der Waals surface area contributed by atoms with Crippen LogP contribution in [-0.4, -0.2) is 47.9 Å². The minimum atomic E-state index is -0.385. The van der Waals surface area contributed by atoms with Crippen molar-refractivity contribution in [2.75, 3.05) is 20.1 Å². The molecule has 1 fully saturated rings. The Balaban J connectivity index is 2.05. The number of carbonyl (C=O) groups is 1. The van der Waals surface area contributed by atoms with E-state index in [0.29, 0.717) is 16.1 Å². The fourth-order valence-electron chi connectivity index (χ4n) is 2.81. The highest BCUT2D eigenvalue weighted by atomic mass is 79.9. The van der Waals surface area contributed by atoms with Crippen LogP contribution in [0, 0.1) is 5.82 Å². The minimum absolute atomic E-state index is 0.121. The van der Waals surface area contributed by atoms with Crippen molar-refractivity contribution < 1.29 is 9.18 Å². The van der Waals surface area contributed by atoms with Crippen LogP contribution in [0.3, 0.4) is 0 Å². The Morgan fingerprint density at radius 3 is 2.57 bits per heavy atom. The number of halogens is 2. The molecule has 5 heteroatoms. The van der Waals surface area contributed by atoms with Crippen LogP contribution in [0.15, 0.2) is 22.7 Å². The average Bonchev–Trinajstić information content (AvgIpc) is 2.48. The number of nitrogens with zero attached hydrogens (tertiary/aromatic N) is 2.